The number of nitrogens with zero attached hydrogens (tertiary/aromatic N) is 1. The fourth-order valence-electron chi connectivity index (χ4n) is 1.55. The van der Waals surface area contributed by atoms with Gasteiger partial charge in [0.1, 0.15) is 10.7 Å². The lowest BCUT2D eigenvalue weighted by molar-refractivity contribution is 0.579. The van der Waals surface area contributed by atoms with Gasteiger partial charge in [0.15, 0.2) is 0 Å². The molecule has 0 unspecified atom stereocenters. The third-order valence-electron chi connectivity index (χ3n) is 2.69. The highest BCUT2D eigenvalue weighted by molar-refractivity contribution is 9.10. The number of hydrogen-bond donors (Lipinski definition) is 1. The van der Waals surface area contributed by atoms with Gasteiger partial charge in [-0.25, -0.2) is 17.5 Å². The summed E-state index contributed by atoms with van der Waals surface area (Å²) in [6.07, 6.45) is 2.75. The molecule has 0 saturated carbocycles. The first-order valence-corrected chi connectivity index (χ1v) is 8.01. The lowest BCUT2D eigenvalue weighted by atomic mass is 10.1. The van der Waals surface area contributed by atoms with Gasteiger partial charge >= 0.3 is 0 Å². The Hall–Kier alpha value is -1.31. The fraction of sp³-hybridized carbons (Fsp3) is 0.154. The van der Waals surface area contributed by atoms with Gasteiger partial charge < -0.3 is 0 Å². The second-order valence-electron chi connectivity index (χ2n) is 4.25. The summed E-state index contributed by atoms with van der Waals surface area (Å²) in [6.45, 7) is 1.67. The van der Waals surface area contributed by atoms with Crippen LogP contribution in [0.2, 0.25) is 0 Å². The van der Waals surface area contributed by atoms with Gasteiger partial charge in [0.25, 0.3) is 0 Å². The highest BCUT2D eigenvalue weighted by Crippen LogP contribution is 2.15. The van der Waals surface area contributed by atoms with Crippen molar-refractivity contribution in [3.8, 4) is 0 Å². The second-order valence-corrected chi connectivity index (χ2v) is 6.93. The number of nitrogens with one attached hydrogen (secondary N) is 1. The maximum Gasteiger partial charge on any atom is 0.242 e. The highest BCUT2D eigenvalue weighted by atomic mass is 79.9. The molecule has 0 radical (unpaired) electrons. The quantitative estimate of drug-likeness (QED) is 0.913. The van der Waals surface area contributed by atoms with Crippen LogP contribution >= 0.6 is 15.9 Å². The molecule has 1 aromatic carbocycles. The van der Waals surface area contributed by atoms with E-state index in [1.165, 1.54) is 24.5 Å². The Morgan fingerprint density at radius 3 is 2.70 bits per heavy atom. The Morgan fingerprint density at radius 1 is 1.30 bits per heavy atom. The standard InChI is InChI=1S/C13H12BrFN2O2S/c1-9-2-3-10(4-13(9)15)6-17-20(18,19)12-5-11(14)7-16-8-12/h2-5,7-8,17H,6H2,1H3. The van der Waals surface area contributed by atoms with E-state index in [2.05, 4.69) is 25.6 Å². The molecule has 0 spiro atoms. The molecule has 1 aromatic heterocycles. The summed E-state index contributed by atoms with van der Waals surface area (Å²) in [5.41, 5.74) is 1.08. The number of halogens is 2. The van der Waals surface area contributed by atoms with E-state index in [0.29, 0.717) is 15.6 Å². The zero-order valence-corrected chi connectivity index (χ0v) is 13.0. The summed E-state index contributed by atoms with van der Waals surface area (Å²) in [4.78, 5) is 3.86. The smallest absolute Gasteiger partial charge is 0.242 e. The third-order valence-corrected chi connectivity index (χ3v) is 4.49. The van der Waals surface area contributed by atoms with Gasteiger partial charge in [-0.05, 0) is 46.1 Å². The number of aromatic nitrogens is 1. The predicted octanol–water partition coefficient (Wildman–Crippen LogP) is 2.77. The van der Waals surface area contributed by atoms with Crippen LogP contribution in [0.3, 0.4) is 0 Å². The lowest BCUT2D eigenvalue weighted by Gasteiger charge is -2.07. The van der Waals surface area contributed by atoms with E-state index >= 15 is 0 Å². The van der Waals surface area contributed by atoms with Crippen LogP contribution in [0.5, 0.6) is 0 Å². The molecule has 2 aromatic rings. The van der Waals surface area contributed by atoms with E-state index in [0.717, 1.165) is 0 Å². The molecule has 0 amide bonds. The van der Waals surface area contributed by atoms with Gasteiger partial charge in [-0.15, -0.1) is 0 Å². The van der Waals surface area contributed by atoms with Crippen LogP contribution in [0.4, 0.5) is 4.39 Å². The summed E-state index contributed by atoms with van der Waals surface area (Å²) in [6, 6.07) is 6.06. The van der Waals surface area contributed by atoms with Crippen LogP contribution in [0, 0.1) is 12.7 Å². The summed E-state index contributed by atoms with van der Waals surface area (Å²) >= 11 is 3.16. The highest BCUT2D eigenvalue weighted by Gasteiger charge is 2.14. The van der Waals surface area contributed by atoms with Crippen molar-refractivity contribution in [2.45, 2.75) is 18.4 Å². The SMILES string of the molecule is Cc1ccc(CNS(=O)(=O)c2cncc(Br)c2)cc1F. The van der Waals surface area contributed by atoms with Crippen LogP contribution in [0.25, 0.3) is 0 Å². The predicted molar refractivity (Wildman–Crippen MR) is 77.1 cm³/mol. The average molecular weight is 359 g/mol. The molecule has 2 rings (SSSR count). The first-order chi connectivity index (χ1) is 9.38. The minimum Gasteiger partial charge on any atom is -0.262 e. The van der Waals surface area contributed by atoms with Gasteiger partial charge in [-0.3, -0.25) is 4.98 Å². The zero-order valence-electron chi connectivity index (χ0n) is 10.6. The Morgan fingerprint density at radius 2 is 2.05 bits per heavy atom. The second kappa shape index (κ2) is 5.99. The molecule has 0 aliphatic carbocycles. The van der Waals surface area contributed by atoms with Crippen molar-refractivity contribution in [1.82, 2.24) is 9.71 Å². The van der Waals surface area contributed by atoms with Crippen LogP contribution in [0.1, 0.15) is 11.1 Å². The van der Waals surface area contributed by atoms with Crippen LogP contribution < -0.4 is 4.72 Å². The Kier molecular flexibility index (Phi) is 4.52. The van der Waals surface area contributed by atoms with Crippen LogP contribution in [0.15, 0.2) is 46.0 Å². The summed E-state index contributed by atoms with van der Waals surface area (Å²) in [5.74, 6) is -0.356. The minimum absolute atomic E-state index is 0.0199. The summed E-state index contributed by atoms with van der Waals surface area (Å²) in [7, 11) is -3.67. The van der Waals surface area contributed by atoms with E-state index in [1.807, 2.05) is 0 Å². The Labute approximate surface area is 125 Å². The molecule has 0 saturated heterocycles. The molecule has 4 nitrogen and oxygen atoms in total. The first-order valence-electron chi connectivity index (χ1n) is 5.74. The molecular formula is C13H12BrFN2O2S. The van der Waals surface area contributed by atoms with Crippen LogP contribution in [-0.4, -0.2) is 13.4 Å². The summed E-state index contributed by atoms with van der Waals surface area (Å²) < 4.78 is 40.5. The molecule has 7 heteroatoms. The van der Waals surface area contributed by atoms with Gasteiger partial charge in [0.2, 0.25) is 10.0 Å². The van der Waals surface area contributed by atoms with Crippen molar-refractivity contribution in [1.29, 1.82) is 0 Å². The Bertz CT molecular complexity index is 735. The van der Waals surface area contributed by atoms with Crippen molar-refractivity contribution in [3.63, 3.8) is 0 Å². The van der Waals surface area contributed by atoms with Crippen molar-refractivity contribution in [2.75, 3.05) is 0 Å². The maximum absolute atomic E-state index is 13.4. The molecular weight excluding hydrogens is 347 g/mol. The number of sulfonamides is 1. The zero-order chi connectivity index (χ0) is 14.8. The molecule has 0 atom stereocenters. The molecule has 0 aliphatic rings. The van der Waals surface area contributed by atoms with Gasteiger partial charge in [-0.1, -0.05) is 12.1 Å². The van der Waals surface area contributed by atoms with Gasteiger partial charge in [-0.2, -0.15) is 0 Å². The van der Waals surface area contributed by atoms with E-state index in [4.69, 9.17) is 0 Å². The lowest BCUT2D eigenvalue weighted by Crippen LogP contribution is -2.23. The molecule has 0 bridgehead atoms. The van der Waals surface area contributed by atoms with Crippen LogP contribution in [-0.2, 0) is 16.6 Å². The monoisotopic (exact) mass is 358 g/mol. The molecule has 0 fully saturated rings. The first kappa shape index (κ1) is 15.1. The topological polar surface area (TPSA) is 59.1 Å². The van der Waals surface area contributed by atoms with E-state index in [9.17, 15) is 12.8 Å². The fourth-order valence-corrected chi connectivity index (χ4v) is 3.07. The number of rotatable bonds is 4. The minimum atomic E-state index is -3.67. The number of aryl methyl sites for hydroxylation is 1. The maximum atomic E-state index is 13.4. The average Bonchev–Trinajstić information content (AvgIpc) is 2.40. The van der Waals surface area contributed by atoms with Crippen molar-refractivity contribution in [2.24, 2.45) is 0 Å². The van der Waals surface area contributed by atoms with E-state index < -0.39 is 10.0 Å². The molecule has 1 N–H and O–H groups in total. The van der Waals surface area contributed by atoms with Gasteiger partial charge in [0, 0.05) is 23.4 Å². The third kappa shape index (κ3) is 3.62. The van der Waals surface area contributed by atoms with E-state index in [-0.39, 0.29) is 17.3 Å². The molecule has 0 aliphatic heterocycles. The van der Waals surface area contributed by atoms with Crippen molar-refractivity contribution < 1.29 is 12.8 Å². The largest absolute Gasteiger partial charge is 0.262 e. The normalized spacial score (nSPS) is 11.6. The van der Waals surface area contributed by atoms with Crippen molar-refractivity contribution in [3.05, 3.63) is 58.1 Å². The Balaban J connectivity index is 2.15. The summed E-state index contributed by atoms with van der Waals surface area (Å²) in [5, 5.41) is 0. The molecule has 1 heterocycles. The molecule has 106 valence electrons. The number of hydrogen-bond acceptors (Lipinski definition) is 3. The van der Waals surface area contributed by atoms with Gasteiger partial charge in [0.05, 0.1) is 0 Å². The molecule has 20 heavy (non-hydrogen) atoms. The van der Waals surface area contributed by atoms with Crippen molar-refractivity contribution >= 4 is 26.0 Å². The number of benzene rings is 1. The number of pyridine rings is 1. The van der Waals surface area contributed by atoms with E-state index in [1.54, 1.807) is 19.1 Å².